The molecule has 0 spiro atoms. The Morgan fingerprint density at radius 2 is 1.49 bits per heavy atom. The maximum atomic E-state index is 13.2. The number of nitrogens with one attached hydrogen (secondary N) is 3. The monoisotopic (exact) mass is 528 g/mol. The van der Waals surface area contributed by atoms with Crippen molar-refractivity contribution in [1.82, 2.24) is 5.32 Å². The Morgan fingerprint density at radius 3 is 2.10 bits per heavy atom. The van der Waals surface area contributed by atoms with Gasteiger partial charge in [0.1, 0.15) is 11.4 Å². The lowest BCUT2D eigenvalue weighted by atomic mass is 9.92. The number of carboxylic acid groups (broad SMARTS) is 1. The van der Waals surface area contributed by atoms with E-state index in [1.807, 2.05) is 0 Å². The summed E-state index contributed by atoms with van der Waals surface area (Å²) in [4.78, 5) is 50.9. The molecule has 4 rings (SSSR count). The zero-order valence-electron chi connectivity index (χ0n) is 21.2. The number of amides is 2. The summed E-state index contributed by atoms with van der Waals surface area (Å²) in [7, 11) is 1.26. The summed E-state index contributed by atoms with van der Waals surface area (Å²) >= 11 is 0. The third-order valence-electron chi connectivity index (χ3n) is 6.81. The molecule has 1 fully saturated rings. The van der Waals surface area contributed by atoms with Gasteiger partial charge in [0, 0.05) is 22.4 Å². The van der Waals surface area contributed by atoms with E-state index in [-0.39, 0.29) is 28.1 Å². The number of nitrogens with two attached hydrogens (primary N) is 1. The first kappa shape index (κ1) is 27.1. The van der Waals surface area contributed by atoms with Crippen molar-refractivity contribution in [3.8, 4) is 11.1 Å². The summed E-state index contributed by atoms with van der Waals surface area (Å²) in [5.41, 5.74) is 6.05. The molecule has 1 saturated carbocycles. The number of carboxylic acids is 1. The average Bonchev–Trinajstić information content (AvgIpc) is 3.42. The number of carbonyl (C=O) groups is 4. The number of anilines is 1. The first-order valence-corrected chi connectivity index (χ1v) is 12.3. The van der Waals surface area contributed by atoms with Crippen molar-refractivity contribution in [2.45, 2.75) is 31.2 Å². The Balaban J connectivity index is 1.65. The predicted octanol–water partition coefficient (Wildman–Crippen LogP) is 3.80. The average molecular weight is 529 g/mol. The molecule has 0 saturated heterocycles. The quantitative estimate of drug-likeness (QED) is 0.168. The summed E-state index contributed by atoms with van der Waals surface area (Å²) in [6.07, 6.45) is 2.40. The highest BCUT2D eigenvalue weighted by molar-refractivity contribution is 6.11. The lowest BCUT2D eigenvalue weighted by Gasteiger charge is -2.27. The summed E-state index contributed by atoms with van der Waals surface area (Å²) in [6, 6.07) is 17.1. The molecule has 0 aromatic heterocycles. The first-order valence-electron chi connectivity index (χ1n) is 12.3. The SMILES string of the molecule is COC(=O)C1(NC(=O)c2ccc(-c3ccccc3C(=O)Nc3ccc(C(=N)N)cc3)c(C(=O)O)c2)CCCC1. The number of benzene rings is 3. The summed E-state index contributed by atoms with van der Waals surface area (Å²) in [5.74, 6) is -2.96. The van der Waals surface area contributed by atoms with Crippen LogP contribution in [0.2, 0.25) is 0 Å². The maximum absolute atomic E-state index is 13.2. The van der Waals surface area contributed by atoms with Crippen LogP contribution in [-0.2, 0) is 9.53 Å². The zero-order chi connectivity index (χ0) is 28.2. The molecular weight excluding hydrogens is 500 g/mol. The van der Waals surface area contributed by atoms with Gasteiger partial charge in [-0.1, -0.05) is 37.1 Å². The van der Waals surface area contributed by atoms with Gasteiger partial charge in [-0.15, -0.1) is 0 Å². The van der Waals surface area contributed by atoms with Gasteiger partial charge in [0.15, 0.2) is 0 Å². The molecule has 6 N–H and O–H groups in total. The van der Waals surface area contributed by atoms with E-state index in [1.165, 1.54) is 25.3 Å². The van der Waals surface area contributed by atoms with Gasteiger partial charge in [-0.05, 0) is 66.4 Å². The van der Waals surface area contributed by atoms with Crippen molar-refractivity contribution in [2.75, 3.05) is 12.4 Å². The first-order chi connectivity index (χ1) is 18.6. The molecule has 3 aromatic carbocycles. The number of ether oxygens (including phenoxy) is 1. The van der Waals surface area contributed by atoms with Crippen LogP contribution in [0.5, 0.6) is 0 Å². The van der Waals surface area contributed by atoms with Crippen molar-refractivity contribution in [1.29, 1.82) is 5.41 Å². The van der Waals surface area contributed by atoms with E-state index in [0.29, 0.717) is 29.7 Å². The van der Waals surface area contributed by atoms with Gasteiger partial charge in [-0.2, -0.15) is 0 Å². The molecule has 10 heteroatoms. The molecule has 0 heterocycles. The second kappa shape index (κ2) is 11.2. The van der Waals surface area contributed by atoms with Gasteiger partial charge in [0.25, 0.3) is 11.8 Å². The standard InChI is InChI=1S/C29H28N4O6/c1-39-28(38)29(14-4-5-15-29)33-25(34)18-10-13-21(23(16-18)27(36)37)20-6-2-3-7-22(20)26(35)32-19-11-8-17(9-12-19)24(30)31/h2-3,6-13,16H,4-5,14-15H2,1H3,(H3,30,31)(H,32,35)(H,33,34)(H,36,37). The molecule has 0 radical (unpaired) electrons. The van der Waals surface area contributed by atoms with E-state index < -0.39 is 29.3 Å². The van der Waals surface area contributed by atoms with Gasteiger partial charge in [-0.3, -0.25) is 15.0 Å². The minimum atomic E-state index is -1.28. The molecule has 0 atom stereocenters. The lowest BCUT2D eigenvalue weighted by molar-refractivity contribution is -0.148. The van der Waals surface area contributed by atoms with E-state index in [0.717, 1.165) is 12.8 Å². The molecule has 1 aliphatic rings. The van der Waals surface area contributed by atoms with Crippen LogP contribution >= 0.6 is 0 Å². The summed E-state index contributed by atoms with van der Waals surface area (Å²) in [5, 5.41) is 23.0. The molecule has 3 aromatic rings. The van der Waals surface area contributed by atoms with Crippen LogP contribution in [0.4, 0.5) is 5.69 Å². The normalized spacial score (nSPS) is 13.8. The van der Waals surface area contributed by atoms with Crippen LogP contribution in [-0.4, -0.2) is 47.3 Å². The molecule has 1 aliphatic carbocycles. The van der Waals surface area contributed by atoms with Gasteiger partial charge in [-0.25, -0.2) is 9.59 Å². The molecule has 0 unspecified atom stereocenters. The summed E-state index contributed by atoms with van der Waals surface area (Å²) < 4.78 is 4.91. The van der Waals surface area contributed by atoms with E-state index in [2.05, 4.69) is 10.6 Å². The van der Waals surface area contributed by atoms with Gasteiger partial charge < -0.3 is 26.2 Å². The van der Waals surface area contributed by atoms with Crippen LogP contribution in [0.1, 0.15) is 62.3 Å². The second-order valence-corrected chi connectivity index (χ2v) is 9.29. The second-order valence-electron chi connectivity index (χ2n) is 9.29. The molecule has 39 heavy (non-hydrogen) atoms. The molecule has 10 nitrogen and oxygen atoms in total. The van der Waals surface area contributed by atoms with Gasteiger partial charge in [0.2, 0.25) is 0 Å². The Kier molecular flexibility index (Phi) is 7.75. The van der Waals surface area contributed by atoms with Crippen molar-refractivity contribution >= 4 is 35.3 Å². The van der Waals surface area contributed by atoms with Crippen LogP contribution in [0.3, 0.4) is 0 Å². The van der Waals surface area contributed by atoms with Gasteiger partial charge >= 0.3 is 11.9 Å². The summed E-state index contributed by atoms with van der Waals surface area (Å²) in [6.45, 7) is 0. The number of aromatic carboxylic acids is 1. The number of hydrogen-bond donors (Lipinski definition) is 5. The smallest absolute Gasteiger partial charge is 0.336 e. The Bertz CT molecular complexity index is 1460. The van der Waals surface area contributed by atoms with Crippen molar-refractivity contribution in [2.24, 2.45) is 5.73 Å². The van der Waals surface area contributed by atoms with Crippen molar-refractivity contribution < 1.29 is 29.0 Å². The number of carbonyl (C=O) groups excluding carboxylic acids is 3. The number of esters is 1. The van der Waals surface area contributed by atoms with Crippen LogP contribution in [0.25, 0.3) is 11.1 Å². The fraction of sp³-hybridized carbons (Fsp3) is 0.207. The van der Waals surface area contributed by atoms with E-state index >= 15 is 0 Å². The Labute approximate surface area is 224 Å². The van der Waals surface area contributed by atoms with Crippen LogP contribution < -0.4 is 16.4 Å². The predicted molar refractivity (Wildman–Crippen MR) is 145 cm³/mol. The van der Waals surface area contributed by atoms with Gasteiger partial charge in [0.05, 0.1) is 12.7 Å². The number of rotatable bonds is 8. The van der Waals surface area contributed by atoms with E-state index in [1.54, 1.807) is 48.5 Å². The highest BCUT2D eigenvalue weighted by Crippen LogP contribution is 2.32. The fourth-order valence-electron chi connectivity index (χ4n) is 4.79. The molecular formula is C29H28N4O6. The van der Waals surface area contributed by atoms with Crippen molar-refractivity contribution in [3.63, 3.8) is 0 Å². The number of amidine groups is 1. The fourth-order valence-corrected chi connectivity index (χ4v) is 4.79. The molecule has 0 aliphatic heterocycles. The highest BCUT2D eigenvalue weighted by atomic mass is 16.5. The number of nitrogen functional groups attached to an aromatic ring is 1. The Hall–Kier alpha value is -4.99. The maximum Gasteiger partial charge on any atom is 0.336 e. The highest BCUT2D eigenvalue weighted by Gasteiger charge is 2.43. The zero-order valence-corrected chi connectivity index (χ0v) is 21.2. The van der Waals surface area contributed by atoms with Crippen LogP contribution in [0.15, 0.2) is 66.7 Å². The minimum absolute atomic E-state index is 0.0684. The Morgan fingerprint density at radius 1 is 0.872 bits per heavy atom. The molecule has 0 bridgehead atoms. The lowest BCUT2D eigenvalue weighted by Crippen LogP contribution is -2.53. The number of hydrogen-bond acceptors (Lipinski definition) is 6. The minimum Gasteiger partial charge on any atom is -0.478 e. The molecule has 2 amide bonds. The van der Waals surface area contributed by atoms with E-state index in [9.17, 15) is 24.3 Å². The topological polar surface area (TPSA) is 172 Å². The largest absolute Gasteiger partial charge is 0.478 e. The van der Waals surface area contributed by atoms with E-state index in [4.69, 9.17) is 15.9 Å². The third-order valence-corrected chi connectivity index (χ3v) is 6.81. The van der Waals surface area contributed by atoms with Crippen LogP contribution in [0, 0.1) is 5.41 Å². The number of methoxy groups -OCH3 is 1. The van der Waals surface area contributed by atoms with Crippen molar-refractivity contribution in [3.05, 3.63) is 89.0 Å². The molecule has 200 valence electrons. The third kappa shape index (κ3) is 5.64.